The number of hydrogen-bond acceptors (Lipinski definition) is 4. The second-order valence-electron chi connectivity index (χ2n) is 2.68. The fraction of sp³-hybridized carbons (Fsp3) is 1.00. The van der Waals surface area contributed by atoms with E-state index in [2.05, 4.69) is 0 Å². The molecule has 2 aliphatic rings. The zero-order valence-electron chi connectivity index (χ0n) is 5.43. The maximum absolute atomic E-state index is 9.27. The van der Waals surface area contributed by atoms with E-state index in [-0.39, 0.29) is 18.8 Å². The van der Waals surface area contributed by atoms with Gasteiger partial charge in [0.25, 0.3) is 0 Å². The van der Waals surface area contributed by atoms with E-state index in [1.807, 2.05) is 0 Å². The summed E-state index contributed by atoms with van der Waals surface area (Å²) < 4.78 is 10.1. The Morgan fingerprint density at radius 2 is 2.30 bits per heavy atom. The van der Waals surface area contributed by atoms with Crippen LogP contribution < -0.4 is 0 Å². The van der Waals surface area contributed by atoms with Gasteiger partial charge in [-0.25, -0.2) is 0 Å². The van der Waals surface area contributed by atoms with E-state index in [9.17, 15) is 5.11 Å². The van der Waals surface area contributed by atoms with Crippen LogP contribution in [0, 0.1) is 0 Å². The Morgan fingerprint density at radius 1 is 1.50 bits per heavy atom. The van der Waals surface area contributed by atoms with Gasteiger partial charge in [-0.1, -0.05) is 0 Å². The third-order valence-corrected chi connectivity index (χ3v) is 1.99. The van der Waals surface area contributed by atoms with Crippen LogP contribution in [0.3, 0.4) is 0 Å². The van der Waals surface area contributed by atoms with Crippen LogP contribution in [0.5, 0.6) is 0 Å². The Morgan fingerprint density at radius 3 is 3.00 bits per heavy atom. The van der Waals surface area contributed by atoms with Crippen LogP contribution in [0.2, 0.25) is 0 Å². The number of aliphatic hydroxyl groups excluding tert-OH is 2. The first-order valence-electron chi connectivity index (χ1n) is 3.39. The molecule has 4 heteroatoms. The van der Waals surface area contributed by atoms with Crippen molar-refractivity contribution in [2.45, 2.75) is 24.4 Å². The average Bonchev–Trinajstić information content (AvgIpc) is 2.68. The Hall–Kier alpha value is -0.160. The normalized spacial score (nSPS) is 52.2. The molecule has 0 aromatic carbocycles. The van der Waals surface area contributed by atoms with Crippen LogP contribution in [-0.2, 0) is 9.47 Å². The summed E-state index contributed by atoms with van der Waals surface area (Å²) in [7, 11) is 0. The smallest absolute Gasteiger partial charge is 0.115 e. The van der Waals surface area contributed by atoms with Crippen molar-refractivity contribution in [3.8, 4) is 0 Å². The molecule has 0 aromatic heterocycles. The molecule has 2 saturated heterocycles. The van der Waals surface area contributed by atoms with Gasteiger partial charge in [0.2, 0.25) is 0 Å². The van der Waals surface area contributed by atoms with Crippen molar-refractivity contribution >= 4 is 0 Å². The lowest BCUT2D eigenvalue weighted by molar-refractivity contribution is -0.0807. The molecule has 4 atom stereocenters. The summed E-state index contributed by atoms with van der Waals surface area (Å²) in [5, 5.41) is 17.9. The number of aliphatic hydroxyl groups is 2. The Bertz CT molecular complexity index is 138. The van der Waals surface area contributed by atoms with Crippen LogP contribution in [0.4, 0.5) is 0 Å². The molecule has 2 heterocycles. The van der Waals surface area contributed by atoms with Gasteiger partial charge in [0.1, 0.15) is 24.4 Å². The van der Waals surface area contributed by atoms with Gasteiger partial charge in [-0.3, -0.25) is 0 Å². The molecule has 0 aliphatic carbocycles. The lowest BCUT2D eigenvalue weighted by Gasteiger charge is -2.22. The quantitative estimate of drug-likeness (QED) is 0.442. The third kappa shape index (κ3) is 0.845. The van der Waals surface area contributed by atoms with E-state index in [0.29, 0.717) is 6.61 Å². The van der Waals surface area contributed by atoms with E-state index in [0.717, 1.165) is 0 Å². The summed E-state index contributed by atoms with van der Waals surface area (Å²) in [4.78, 5) is 0. The molecule has 2 aliphatic heterocycles. The van der Waals surface area contributed by atoms with Crippen LogP contribution >= 0.6 is 0 Å². The van der Waals surface area contributed by atoms with Crippen molar-refractivity contribution < 1.29 is 19.7 Å². The molecule has 0 bridgehead atoms. The van der Waals surface area contributed by atoms with Crippen molar-refractivity contribution in [2.75, 3.05) is 13.2 Å². The van der Waals surface area contributed by atoms with Gasteiger partial charge in [0.05, 0.1) is 13.2 Å². The van der Waals surface area contributed by atoms with Crippen LogP contribution in [0.1, 0.15) is 0 Å². The Kier molecular flexibility index (Phi) is 1.42. The number of fused-ring (bicyclic) bond motifs is 1. The standard InChI is InChI=1S/C6H10O4/c7-1-3-5(8)6-4(10-6)2-9-3/h3-8H,1-2H2/t3-,4+,5-,6-/m1/s1. The van der Waals surface area contributed by atoms with Gasteiger partial charge in [-0.2, -0.15) is 0 Å². The van der Waals surface area contributed by atoms with E-state index in [4.69, 9.17) is 14.6 Å². The van der Waals surface area contributed by atoms with E-state index >= 15 is 0 Å². The van der Waals surface area contributed by atoms with Gasteiger partial charge in [-0.05, 0) is 0 Å². The minimum absolute atomic E-state index is 0.0779. The highest BCUT2D eigenvalue weighted by atomic mass is 16.6. The molecule has 0 unspecified atom stereocenters. The largest absolute Gasteiger partial charge is 0.394 e. The molecule has 0 radical (unpaired) electrons. The maximum Gasteiger partial charge on any atom is 0.115 e. The van der Waals surface area contributed by atoms with Gasteiger partial charge < -0.3 is 19.7 Å². The van der Waals surface area contributed by atoms with Crippen molar-refractivity contribution in [1.82, 2.24) is 0 Å². The zero-order valence-corrected chi connectivity index (χ0v) is 5.43. The molecule has 2 rings (SSSR count). The zero-order chi connectivity index (χ0) is 7.14. The van der Waals surface area contributed by atoms with Crippen LogP contribution in [-0.4, -0.2) is 47.8 Å². The number of ether oxygens (including phenoxy) is 2. The van der Waals surface area contributed by atoms with E-state index < -0.39 is 12.2 Å². The van der Waals surface area contributed by atoms with Crippen molar-refractivity contribution in [3.63, 3.8) is 0 Å². The molecule has 2 N–H and O–H groups in total. The first-order chi connectivity index (χ1) is 4.83. The van der Waals surface area contributed by atoms with Gasteiger partial charge in [0, 0.05) is 0 Å². The lowest BCUT2D eigenvalue weighted by Crippen LogP contribution is -2.42. The summed E-state index contributed by atoms with van der Waals surface area (Å²) in [6, 6.07) is 0. The summed E-state index contributed by atoms with van der Waals surface area (Å²) in [6.45, 7) is 0.376. The summed E-state index contributed by atoms with van der Waals surface area (Å²) in [6.07, 6.45) is -1.07. The molecule has 0 saturated carbocycles. The maximum atomic E-state index is 9.27. The van der Waals surface area contributed by atoms with Crippen molar-refractivity contribution in [2.24, 2.45) is 0 Å². The average molecular weight is 146 g/mol. The second kappa shape index (κ2) is 2.17. The predicted molar refractivity (Wildman–Crippen MR) is 31.5 cm³/mol. The van der Waals surface area contributed by atoms with Gasteiger partial charge in [0.15, 0.2) is 0 Å². The molecular weight excluding hydrogens is 136 g/mol. The number of rotatable bonds is 1. The highest BCUT2D eigenvalue weighted by molar-refractivity contribution is 4.97. The first-order valence-corrected chi connectivity index (χ1v) is 3.39. The topological polar surface area (TPSA) is 62.2 Å². The molecule has 0 aromatic rings. The molecule has 10 heavy (non-hydrogen) atoms. The minimum Gasteiger partial charge on any atom is -0.394 e. The van der Waals surface area contributed by atoms with Crippen LogP contribution in [0.25, 0.3) is 0 Å². The molecule has 0 spiro atoms. The van der Waals surface area contributed by atoms with Crippen LogP contribution in [0.15, 0.2) is 0 Å². The number of epoxide rings is 1. The van der Waals surface area contributed by atoms with E-state index in [1.165, 1.54) is 0 Å². The molecule has 4 nitrogen and oxygen atoms in total. The summed E-state index contributed by atoms with van der Waals surface area (Å²) in [5.41, 5.74) is 0. The fourth-order valence-corrected chi connectivity index (χ4v) is 1.28. The second-order valence-corrected chi connectivity index (χ2v) is 2.68. The molecule has 2 fully saturated rings. The highest BCUT2D eigenvalue weighted by Crippen LogP contribution is 2.32. The van der Waals surface area contributed by atoms with Crippen molar-refractivity contribution in [1.29, 1.82) is 0 Å². The van der Waals surface area contributed by atoms with Gasteiger partial charge >= 0.3 is 0 Å². The Labute approximate surface area is 58.4 Å². The first kappa shape index (κ1) is 6.54. The SMILES string of the molecule is OC[C@H]1OC[C@@H]2O[C@H]2[C@@H]1O. The molecule has 58 valence electrons. The lowest BCUT2D eigenvalue weighted by atomic mass is 10.1. The highest BCUT2D eigenvalue weighted by Gasteiger charge is 2.51. The Balaban J connectivity index is 1.97. The summed E-state index contributed by atoms with van der Waals surface area (Å²) >= 11 is 0. The molecule has 0 amide bonds. The fourth-order valence-electron chi connectivity index (χ4n) is 1.28. The minimum atomic E-state index is -0.635. The number of hydrogen-bond donors (Lipinski definition) is 2. The predicted octanol–water partition coefficient (Wildman–Crippen LogP) is -1.49. The molecular formula is C6H10O4. The monoisotopic (exact) mass is 146 g/mol. The third-order valence-electron chi connectivity index (χ3n) is 1.99. The van der Waals surface area contributed by atoms with Gasteiger partial charge in [-0.15, -0.1) is 0 Å². The summed E-state index contributed by atoms with van der Waals surface area (Å²) in [5.74, 6) is 0. The van der Waals surface area contributed by atoms with E-state index in [1.54, 1.807) is 0 Å². The van der Waals surface area contributed by atoms with Crippen molar-refractivity contribution in [3.05, 3.63) is 0 Å².